The Morgan fingerprint density at radius 3 is 0.685 bits per heavy atom. The molecule has 0 atom stereocenters. The first kappa shape index (κ1) is 57.4. The first-order valence-corrected chi connectivity index (χ1v) is 26.0. The van der Waals surface area contributed by atoms with E-state index < -0.39 is 0 Å². The molecule has 0 heterocycles. The van der Waals surface area contributed by atoms with Gasteiger partial charge < -0.3 is 71.5 Å². The number of allylic oxidation sites excluding steroid dienone is 2. The van der Waals surface area contributed by atoms with Gasteiger partial charge in [0, 0.05) is 127 Å². The van der Waals surface area contributed by atoms with E-state index in [0.29, 0.717) is 142 Å². The molecule has 0 amide bonds. The average Bonchev–Trinajstić information content (AvgIpc) is 3.37. The van der Waals surface area contributed by atoms with Gasteiger partial charge in [0.05, 0.1) is 64.2 Å². The number of Topliss-reactive ketones (excluding diaryl/α,β-unsaturated/α-hetero) is 2. The maximum Gasteiger partial charge on any atom is 0.207 e. The van der Waals surface area contributed by atoms with Gasteiger partial charge in [-0.15, -0.1) is 0 Å². The van der Waals surface area contributed by atoms with Crippen LogP contribution in [0.3, 0.4) is 0 Å². The number of rotatable bonds is 23. The Balaban J connectivity index is 0.00000238. The van der Waals surface area contributed by atoms with Crippen molar-refractivity contribution in [2.24, 2.45) is 22.9 Å². The first-order chi connectivity index (χ1) is 35.5. The van der Waals surface area contributed by atoms with Gasteiger partial charge in [0.2, 0.25) is 11.6 Å². The van der Waals surface area contributed by atoms with E-state index in [2.05, 4.69) is 34.9 Å². The summed E-state index contributed by atoms with van der Waals surface area (Å²) in [6.45, 7) is 20.9. The summed E-state index contributed by atoms with van der Waals surface area (Å²) in [6, 6.07) is 16.0. The molecule has 0 saturated heterocycles. The van der Waals surface area contributed by atoms with E-state index in [1.54, 1.807) is 0 Å². The number of benzene rings is 4. The van der Waals surface area contributed by atoms with Crippen LogP contribution in [0, 0.1) is 0 Å². The van der Waals surface area contributed by atoms with E-state index in [9.17, 15) is 0 Å². The molecule has 0 aliphatic heterocycles. The quantitative estimate of drug-likeness (QED) is 0.0441. The summed E-state index contributed by atoms with van der Waals surface area (Å²) < 4.78 is 51.1. The summed E-state index contributed by atoms with van der Waals surface area (Å²) in [5.41, 5.74) is 29.4. The number of hydrogen-bond donors (Lipinski definition) is 6. The lowest BCUT2D eigenvalue weighted by Gasteiger charge is -2.27. The molecule has 0 unspecified atom stereocenters. The third-order valence-electron chi connectivity index (χ3n) is 11.9. The molecule has 0 saturated carbocycles. The molecule has 10 N–H and O–H groups in total. The molecule has 11 aliphatic carbocycles. The lowest BCUT2D eigenvalue weighted by atomic mass is 9.84. The molecule has 0 spiro atoms. The number of nitrogens with one attached hydrogen (secondary N) is 2. The molecule has 0 fully saturated rings. The maximum absolute atomic E-state index is 15.1. The smallest absolute Gasteiger partial charge is 0.207 e. The van der Waals surface area contributed by atoms with Crippen LogP contribution in [0.25, 0.3) is 0 Å². The average molecular weight is 1010 g/mol. The topological polar surface area (TPSA) is 236 Å². The van der Waals surface area contributed by atoms with Crippen molar-refractivity contribution in [1.82, 2.24) is 10.6 Å². The van der Waals surface area contributed by atoms with E-state index in [1.807, 2.05) is 79.7 Å². The molecule has 11 aliphatic rings. The van der Waals surface area contributed by atoms with Crippen molar-refractivity contribution >= 4 is 11.6 Å². The predicted octanol–water partition coefficient (Wildman–Crippen LogP) is 6.41. The highest BCUT2D eigenvalue weighted by Crippen LogP contribution is 2.42. The Hall–Kier alpha value is -6.46. The second-order valence-electron chi connectivity index (χ2n) is 17.0. The number of hydrogen-bond acceptors (Lipinski definition) is 16. The van der Waals surface area contributed by atoms with E-state index >= 15 is 9.59 Å². The van der Waals surface area contributed by atoms with Crippen LogP contribution in [0.4, 0.5) is 0 Å². The highest BCUT2D eigenvalue weighted by atomic mass is 16.5. The van der Waals surface area contributed by atoms with Crippen LogP contribution < -0.4 is 71.5 Å². The minimum Gasteiger partial charge on any atom is -0.494 e. The maximum atomic E-state index is 15.1. The number of ketones is 2. The fraction of sp³-hybridized carbons (Fsp3) is 0.474. The molecule has 0 aromatic heterocycles. The van der Waals surface area contributed by atoms with Gasteiger partial charge >= 0.3 is 0 Å². The molecule has 4 aromatic carbocycles. The number of nitrogens with two attached hydrogens (primary N) is 4. The monoisotopic (exact) mass is 1010 g/mol. The minimum atomic E-state index is -0.339. The van der Waals surface area contributed by atoms with Crippen molar-refractivity contribution in [2.75, 3.05) is 92.1 Å². The zero-order valence-corrected chi connectivity index (χ0v) is 44.4. The van der Waals surface area contributed by atoms with E-state index in [-0.39, 0.29) is 73.1 Å². The second kappa shape index (κ2) is 29.3. The van der Waals surface area contributed by atoms with Crippen molar-refractivity contribution in [2.45, 2.75) is 87.5 Å². The largest absolute Gasteiger partial charge is 0.494 e. The summed E-state index contributed by atoms with van der Waals surface area (Å²) in [7, 11) is 0. The van der Waals surface area contributed by atoms with Crippen molar-refractivity contribution < 1.29 is 47.5 Å². The van der Waals surface area contributed by atoms with Crippen molar-refractivity contribution in [1.29, 1.82) is 0 Å². The molecule has 10 bridgehead atoms. The minimum absolute atomic E-state index is 0.0578. The Morgan fingerprint density at radius 2 is 0.521 bits per heavy atom. The first-order valence-electron chi connectivity index (χ1n) is 26.0. The van der Waals surface area contributed by atoms with Gasteiger partial charge in [0.15, 0.2) is 0 Å². The highest BCUT2D eigenvalue weighted by Gasteiger charge is 2.36. The zero-order valence-electron chi connectivity index (χ0n) is 44.4. The van der Waals surface area contributed by atoms with Gasteiger partial charge in [-0.3, -0.25) is 9.59 Å². The Kier molecular flexibility index (Phi) is 23.0. The van der Waals surface area contributed by atoms with Gasteiger partial charge in [-0.05, 0) is 104 Å². The molecule has 398 valence electrons. The molecule has 0 radical (unpaired) electrons. The number of carbonyl (C=O) groups excluding carboxylic acids is 2. The summed E-state index contributed by atoms with van der Waals surface area (Å²) in [6.07, 6.45) is 1.41. The van der Waals surface area contributed by atoms with Crippen LogP contribution in [0.1, 0.15) is 99.9 Å². The highest BCUT2D eigenvalue weighted by molar-refractivity contribution is 6.25. The standard InChI is InChI=1S/C55H72N4O10.C2H8N2/c1-9-62-44-28-36-22-38-30-50(68-15-7)40(32-48(38)66-13-5)24-42-52(58-19-17-56)55(61)43(53(54(42)60)59-20-18-57)25-41-33-49(67-14-6)39(31-51(41)69-16-8)23-37-29-45(63-10-2)35(27-47(37)65-12-4)21-34(44)26-46(36)64-11-3;3-1-2-4/h26-33,58-59H,9-25,56-57H2,1-8H3;1-4H2. The predicted molar refractivity (Wildman–Crippen MR) is 287 cm³/mol. The molecular weight excluding hydrogens is 929 g/mol. The van der Waals surface area contributed by atoms with Gasteiger partial charge in [-0.25, -0.2) is 0 Å². The molecule has 16 nitrogen and oxygen atoms in total. The van der Waals surface area contributed by atoms with Crippen molar-refractivity contribution in [3.63, 3.8) is 0 Å². The van der Waals surface area contributed by atoms with Crippen LogP contribution in [0.5, 0.6) is 46.0 Å². The van der Waals surface area contributed by atoms with Gasteiger partial charge in [-0.2, -0.15) is 0 Å². The summed E-state index contributed by atoms with van der Waals surface area (Å²) in [5, 5.41) is 6.50. The van der Waals surface area contributed by atoms with E-state index in [1.165, 1.54) is 0 Å². The SMILES string of the molecule is CCOc1cc2c(OCC)cc1CC1=C(NCCN)C(=O)C(=C(NCCN)C1=O)Cc1cc(OCC)c(cc1OCC)Cc1cc(OCC)c(cc1OCC)Cc1cc(OCC)c(cc1OCC)C2.NCCN. The summed E-state index contributed by atoms with van der Waals surface area (Å²) >= 11 is 0. The normalized spacial score (nSPS) is 13.4. The summed E-state index contributed by atoms with van der Waals surface area (Å²) in [4.78, 5) is 30.3. The Morgan fingerprint density at radius 1 is 0.329 bits per heavy atom. The van der Waals surface area contributed by atoms with Crippen molar-refractivity contribution in [3.8, 4) is 46.0 Å². The number of carbonyl (C=O) groups is 2. The lowest BCUT2D eigenvalue weighted by Crippen LogP contribution is -2.39. The molecule has 15 rings (SSSR count). The van der Waals surface area contributed by atoms with Crippen LogP contribution in [0.2, 0.25) is 0 Å². The van der Waals surface area contributed by atoms with Crippen LogP contribution in [-0.2, 0) is 41.7 Å². The van der Waals surface area contributed by atoms with E-state index in [0.717, 1.165) is 33.4 Å². The third-order valence-corrected chi connectivity index (χ3v) is 11.9. The number of ether oxygens (including phenoxy) is 8. The molecule has 73 heavy (non-hydrogen) atoms. The van der Waals surface area contributed by atoms with Crippen LogP contribution in [-0.4, -0.2) is 104 Å². The van der Waals surface area contributed by atoms with Crippen LogP contribution >= 0.6 is 0 Å². The van der Waals surface area contributed by atoms with Crippen molar-refractivity contribution in [3.05, 3.63) is 116 Å². The van der Waals surface area contributed by atoms with Gasteiger partial charge in [-0.1, -0.05) is 0 Å². The third kappa shape index (κ3) is 14.6. The van der Waals surface area contributed by atoms with Gasteiger partial charge in [0.25, 0.3) is 0 Å². The Bertz CT molecular complexity index is 2390. The summed E-state index contributed by atoms with van der Waals surface area (Å²) in [5.74, 6) is 4.49. The zero-order chi connectivity index (χ0) is 52.9. The fourth-order valence-electron chi connectivity index (χ4n) is 8.91. The van der Waals surface area contributed by atoms with Crippen LogP contribution in [0.15, 0.2) is 71.1 Å². The van der Waals surface area contributed by atoms with Gasteiger partial charge in [0.1, 0.15) is 46.0 Å². The molecular formula is C57H80N6O10. The Labute approximate surface area is 432 Å². The second-order valence-corrected chi connectivity index (χ2v) is 17.0. The fourth-order valence-corrected chi connectivity index (χ4v) is 8.91. The molecule has 16 heteroatoms. The lowest BCUT2D eigenvalue weighted by molar-refractivity contribution is -0.117. The van der Waals surface area contributed by atoms with E-state index in [4.69, 9.17) is 60.8 Å². The molecule has 4 aromatic rings.